The quantitative estimate of drug-likeness (QED) is 0.474. The second kappa shape index (κ2) is 6.34. The van der Waals surface area contributed by atoms with Gasteiger partial charge >= 0.3 is 0 Å². The summed E-state index contributed by atoms with van der Waals surface area (Å²) >= 11 is 0. The van der Waals surface area contributed by atoms with Gasteiger partial charge in [0.25, 0.3) is 0 Å². The fourth-order valence-electron chi connectivity index (χ4n) is 1.64. The Hall–Kier alpha value is -0.163. The van der Waals surface area contributed by atoms with Crippen molar-refractivity contribution in [3.05, 3.63) is 12.3 Å². The molecule has 1 atom stereocenters. The van der Waals surface area contributed by atoms with Gasteiger partial charge in [-0.1, -0.05) is 19.5 Å². The molecule has 0 heterocycles. The van der Waals surface area contributed by atoms with Gasteiger partial charge in [-0.3, -0.25) is 0 Å². The number of hydrogen-bond donors (Lipinski definition) is 0. The second-order valence-electron chi connectivity index (χ2n) is 3.33. The van der Waals surface area contributed by atoms with Crippen LogP contribution in [0.2, 0.25) is 0 Å². The molecule has 0 spiro atoms. The highest BCUT2D eigenvalue weighted by Crippen LogP contribution is 2.18. The smallest absolute Gasteiger partial charge is 0.204 e. The maximum Gasteiger partial charge on any atom is 0.204 e. The Kier molecular flexibility index (Phi) is 6.27. The fourth-order valence-corrected chi connectivity index (χ4v) is 4.30. The van der Waals surface area contributed by atoms with Crippen molar-refractivity contribution in [1.82, 2.24) is 4.57 Å². The largest absolute Gasteiger partial charge is 0.355 e. The summed E-state index contributed by atoms with van der Waals surface area (Å²) in [5, 5.41) is 0. The number of methoxy groups -OCH3 is 2. The Labute approximate surface area is 89.4 Å². The highest BCUT2D eigenvalue weighted by molar-refractivity contribution is 6.63. The lowest BCUT2D eigenvalue weighted by Gasteiger charge is -2.38. The van der Waals surface area contributed by atoms with Gasteiger partial charge < -0.3 is 14.0 Å². The molecule has 0 fully saturated rings. The van der Waals surface area contributed by atoms with E-state index in [1.54, 1.807) is 14.2 Å². The van der Waals surface area contributed by atoms with E-state index in [1.165, 1.54) is 0 Å². The van der Waals surface area contributed by atoms with E-state index in [9.17, 15) is 0 Å². The van der Waals surface area contributed by atoms with Crippen molar-refractivity contribution in [2.45, 2.75) is 26.2 Å². The standard InChI is InChI=1S/C10H23NO2Si/c1-7-11(8-2)14(9-3)10(4,12-5)13-6/h9,14H,3,7-8H2,1-2,4-6H3. The van der Waals surface area contributed by atoms with Crippen LogP contribution in [0.15, 0.2) is 12.3 Å². The number of nitrogens with zero attached hydrogens (tertiary/aromatic N) is 1. The first kappa shape index (κ1) is 13.8. The average Bonchev–Trinajstić information content (AvgIpc) is 2.24. The zero-order valence-corrected chi connectivity index (χ0v) is 11.2. The van der Waals surface area contributed by atoms with E-state index >= 15 is 0 Å². The van der Waals surface area contributed by atoms with Crippen molar-refractivity contribution >= 4 is 8.96 Å². The first-order valence-corrected chi connectivity index (χ1v) is 6.82. The molecule has 0 rings (SSSR count). The summed E-state index contributed by atoms with van der Waals surface area (Å²) in [7, 11) is 1.98. The molecule has 0 aromatic rings. The molecule has 14 heavy (non-hydrogen) atoms. The lowest BCUT2D eigenvalue weighted by Crippen LogP contribution is -2.56. The van der Waals surface area contributed by atoms with Crippen LogP contribution in [0.1, 0.15) is 20.8 Å². The second-order valence-corrected chi connectivity index (χ2v) is 6.47. The third kappa shape index (κ3) is 2.92. The summed E-state index contributed by atoms with van der Waals surface area (Å²) in [4.78, 5) is 0. The summed E-state index contributed by atoms with van der Waals surface area (Å²) in [6.07, 6.45) is 0. The van der Waals surface area contributed by atoms with Crippen LogP contribution in [0.5, 0.6) is 0 Å². The minimum Gasteiger partial charge on any atom is -0.355 e. The van der Waals surface area contributed by atoms with Crippen LogP contribution in [-0.2, 0) is 9.47 Å². The summed E-state index contributed by atoms with van der Waals surface area (Å²) in [6, 6.07) is 0. The first-order chi connectivity index (χ1) is 6.59. The molecule has 0 radical (unpaired) electrons. The van der Waals surface area contributed by atoms with Crippen LogP contribution in [0.3, 0.4) is 0 Å². The molecule has 4 heteroatoms. The first-order valence-electron chi connectivity index (χ1n) is 5.06. The van der Waals surface area contributed by atoms with Crippen molar-refractivity contribution in [1.29, 1.82) is 0 Å². The molecule has 0 aromatic heterocycles. The summed E-state index contributed by atoms with van der Waals surface area (Å²) in [6.45, 7) is 12.2. The van der Waals surface area contributed by atoms with Gasteiger partial charge in [-0.2, -0.15) is 0 Å². The van der Waals surface area contributed by atoms with Crippen LogP contribution in [0.4, 0.5) is 0 Å². The van der Waals surface area contributed by atoms with E-state index in [-0.39, 0.29) is 0 Å². The maximum absolute atomic E-state index is 5.45. The lowest BCUT2D eigenvalue weighted by molar-refractivity contribution is -0.137. The molecular weight excluding hydrogens is 194 g/mol. The fraction of sp³-hybridized carbons (Fsp3) is 0.800. The summed E-state index contributed by atoms with van der Waals surface area (Å²) in [5.41, 5.74) is 1.54. The Morgan fingerprint density at radius 3 is 1.93 bits per heavy atom. The molecule has 0 aliphatic carbocycles. The van der Waals surface area contributed by atoms with Gasteiger partial charge in [0.1, 0.15) is 0 Å². The number of hydrogen-bond acceptors (Lipinski definition) is 3. The maximum atomic E-state index is 5.45. The van der Waals surface area contributed by atoms with E-state index < -0.39 is 14.4 Å². The topological polar surface area (TPSA) is 21.7 Å². The van der Waals surface area contributed by atoms with Gasteiger partial charge in [0.05, 0.1) is 0 Å². The predicted molar refractivity (Wildman–Crippen MR) is 62.7 cm³/mol. The average molecular weight is 217 g/mol. The van der Waals surface area contributed by atoms with Crippen LogP contribution in [-0.4, -0.2) is 46.2 Å². The van der Waals surface area contributed by atoms with Crippen LogP contribution >= 0.6 is 0 Å². The van der Waals surface area contributed by atoms with E-state index in [1.807, 2.05) is 12.6 Å². The van der Waals surface area contributed by atoms with Crippen LogP contribution in [0, 0.1) is 0 Å². The van der Waals surface area contributed by atoms with Crippen LogP contribution in [0.25, 0.3) is 0 Å². The minimum atomic E-state index is -1.41. The molecule has 0 aromatic carbocycles. The molecule has 0 saturated heterocycles. The van der Waals surface area contributed by atoms with E-state index in [4.69, 9.17) is 9.47 Å². The van der Waals surface area contributed by atoms with Gasteiger partial charge in [-0.25, -0.2) is 0 Å². The van der Waals surface area contributed by atoms with Gasteiger partial charge in [0.2, 0.25) is 8.96 Å². The van der Waals surface area contributed by atoms with Gasteiger partial charge in [0.15, 0.2) is 5.41 Å². The molecule has 0 saturated carbocycles. The van der Waals surface area contributed by atoms with Crippen molar-refractivity contribution in [2.75, 3.05) is 27.3 Å². The molecule has 0 aliphatic rings. The Morgan fingerprint density at radius 2 is 1.71 bits per heavy atom. The Bertz CT molecular complexity index is 168. The molecule has 0 amide bonds. The van der Waals surface area contributed by atoms with E-state index in [0.29, 0.717) is 0 Å². The number of rotatable bonds is 7. The van der Waals surface area contributed by atoms with E-state index in [2.05, 4.69) is 25.0 Å². The van der Waals surface area contributed by atoms with E-state index in [0.717, 1.165) is 13.1 Å². The van der Waals surface area contributed by atoms with Crippen molar-refractivity contribution < 1.29 is 9.47 Å². The summed E-state index contributed by atoms with van der Waals surface area (Å²) in [5.74, 6) is 0. The van der Waals surface area contributed by atoms with Crippen molar-refractivity contribution in [3.8, 4) is 0 Å². The van der Waals surface area contributed by atoms with Gasteiger partial charge in [-0.15, -0.1) is 6.58 Å². The molecular formula is C10H23NO2Si. The van der Waals surface area contributed by atoms with Crippen molar-refractivity contribution in [3.63, 3.8) is 0 Å². The normalized spacial score (nSPS) is 14.4. The molecule has 3 nitrogen and oxygen atoms in total. The predicted octanol–water partition coefficient (Wildman–Crippen LogP) is 1.33. The van der Waals surface area contributed by atoms with Gasteiger partial charge in [0, 0.05) is 14.2 Å². The summed E-state index contributed by atoms with van der Waals surface area (Å²) < 4.78 is 13.3. The monoisotopic (exact) mass is 217 g/mol. The Balaban J connectivity index is 4.74. The van der Waals surface area contributed by atoms with Crippen molar-refractivity contribution in [2.24, 2.45) is 0 Å². The number of ether oxygens (including phenoxy) is 2. The third-order valence-corrected chi connectivity index (χ3v) is 6.29. The highest BCUT2D eigenvalue weighted by atomic mass is 28.3. The Morgan fingerprint density at radius 1 is 1.29 bits per heavy atom. The minimum absolute atomic E-state index is 0.478. The van der Waals surface area contributed by atoms with Gasteiger partial charge in [-0.05, 0) is 20.0 Å². The van der Waals surface area contributed by atoms with Crippen LogP contribution < -0.4 is 0 Å². The molecule has 0 N–H and O–H groups in total. The lowest BCUT2D eigenvalue weighted by atomic mass is 10.7. The molecule has 84 valence electrons. The highest BCUT2D eigenvalue weighted by Gasteiger charge is 2.37. The SMILES string of the molecule is C=C[SiH](N(CC)CC)C(C)(OC)OC. The molecule has 0 aliphatic heterocycles. The zero-order valence-electron chi connectivity index (χ0n) is 10.0. The molecule has 0 bridgehead atoms. The zero-order chi connectivity index (χ0) is 11.2. The molecule has 1 unspecified atom stereocenters. The third-order valence-electron chi connectivity index (χ3n) is 2.78.